The summed E-state index contributed by atoms with van der Waals surface area (Å²) in [4.78, 5) is 37.8. The molecule has 0 saturated heterocycles. The van der Waals surface area contributed by atoms with Crippen LogP contribution < -0.4 is 0 Å². The number of carbonyl (C=O) groups excluding carboxylic acids is 2. The first-order valence-corrected chi connectivity index (χ1v) is 42.8. The van der Waals surface area contributed by atoms with Gasteiger partial charge in [0.25, 0.3) is 6.29 Å². The smallest absolute Gasteiger partial charge is 0.361 e. The van der Waals surface area contributed by atoms with Crippen molar-refractivity contribution in [1.82, 2.24) is 0 Å². The topological polar surface area (TPSA) is 108 Å². The fraction of sp³-hybridized carbons (Fsp3) is 0.875. The van der Waals surface area contributed by atoms with Crippen LogP contribution in [0.3, 0.4) is 0 Å². The van der Waals surface area contributed by atoms with Crippen molar-refractivity contribution in [2.45, 2.75) is 450 Å². The number of unbranched alkanes of at least 4 members (excludes halogenated alkanes) is 58. The number of carboxylic acid groups (broad SMARTS) is 1. The van der Waals surface area contributed by atoms with Gasteiger partial charge in [-0.05, 0) is 77.0 Å². The van der Waals surface area contributed by atoms with Gasteiger partial charge < -0.3 is 28.5 Å². The van der Waals surface area contributed by atoms with Crippen LogP contribution in [0.25, 0.3) is 0 Å². The van der Waals surface area contributed by atoms with Crippen LogP contribution in [0.4, 0.5) is 0 Å². The lowest BCUT2D eigenvalue weighted by Crippen LogP contribution is -2.40. The van der Waals surface area contributed by atoms with Gasteiger partial charge in [-0.3, -0.25) is 9.59 Å². The van der Waals surface area contributed by atoms with Crippen molar-refractivity contribution in [3.8, 4) is 0 Å². The lowest BCUT2D eigenvalue weighted by atomic mass is 10.0. The number of rotatable bonds is 81. The number of nitrogens with zero attached hydrogens (tertiary/aromatic N) is 1. The summed E-state index contributed by atoms with van der Waals surface area (Å²) in [6.07, 6.45) is 102. The minimum Gasteiger partial charge on any atom is -0.477 e. The Balaban J connectivity index is 3.94. The molecular weight excluding hydrogens is 1200 g/mol. The summed E-state index contributed by atoms with van der Waals surface area (Å²) in [6, 6.07) is 0. The van der Waals surface area contributed by atoms with Crippen molar-refractivity contribution in [3.05, 3.63) is 48.6 Å². The van der Waals surface area contributed by atoms with Gasteiger partial charge >= 0.3 is 17.9 Å². The molecule has 9 nitrogen and oxygen atoms in total. The zero-order chi connectivity index (χ0) is 70.4. The first kappa shape index (κ1) is 94.2. The van der Waals surface area contributed by atoms with Gasteiger partial charge in [-0.1, -0.05) is 396 Å². The number of likely N-dealkylation sites (N-methyl/N-ethyl adjacent to an activating group) is 1. The maximum Gasteiger partial charge on any atom is 0.361 e. The second-order valence-corrected chi connectivity index (χ2v) is 30.5. The molecule has 0 radical (unpaired) electrons. The summed E-state index contributed by atoms with van der Waals surface area (Å²) >= 11 is 0. The van der Waals surface area contributed by atoms with Crippen molar-refractivity contribution in [2.24, 2.45) is 0 Å². The molecule has 0 bridgehead atoms. The zero-order valence-electron chi connectivity index (χ0n) is 65.5. The average Bonchev–Trinajstić information content (AvgIpc) is 3.11. The molecule has 0 aromatic carbocycles. The number of esters is 2. The van der Waals surface area contributed by atoms with Crippen LogP contribution in [-0.4, -0.2) is 87.4 Å². The molecule has 0 amide bonds. The molecule has 570 valence electrons. The molecule has 0 aliphatic heterocycles. The number of allylic oxidation sites excluding steroid dienone is 8. The molecule has 0 spiro atoms. The van der Waals surface area contributed by atoms with Gasteiger partial charge in [0.05, 0.1) is 34.4 Å². The molecule has 0 heterocycles. The fourth-order valence-electron chi connectivity index (χ4n) is 13.0. The Hall–Kier alpha value is -2.75. The highest BCUT2D eigenvalue weighted by molar-refractivity contribution is 5.71. The van der Waals surface area contributed by atoms with E-state index in [2.05, 4.69) is 62.5 Å². The van der Waals surface area contributed by atoms with Gasteiger partial charge in [0.2, 0.25) is 0 Å². The average molecular weight is 1370 g/mol. The Morgan fingerprint density at radius 2 is 0.557 bits per heavy atom. The van der Waals surface area contributed by atoms with E-state index in [1.807, 2.05) is 21.1 Å². The molecule has 0 fully saturated rings. The Morgan fingerprint density at radius 1 is 0.309 bits per heavy atom. The highest BCUT2D eigenvalue weighted by Gasteiger charge is 2.25. The standard InChI is InChI=1S/C88H165NO8/c1-6-8-10-12-14-16-18-20-22-24-26-28-30-32-34-36-38-40-42-43-45-47-49-51-53-55-57-59-61-63-65-67-69-71-73-75-77-79-86(91)97-84(83-96-88(87(92)93)94-81-80-89(3,4)5)82-95-85(90)78-76-74-72-70-68-66-64-62-60-58-56-54-52-50-48-46-44-41-39-37-35-33-31-29-27-25-23-21-19-17-15-13-11-9-7-2/h18,20,24-27,30,32,84,88H,6-17,19,21-23,28-29,31,33-83H2,1-5H3/p+1/b20-18-,26-24-,27-25-,32-30-. The maximum atomic E-state index is 13.0. The number of carboxylic acids is 1. The van der Waals surface area contributed by atoms with Crippen molar-refractivity contribution in [3.63, 3.8) is 0 Å². The highest BCUT2D eigenvalue weighted by atomic mass is 16.7. The van der Waals surface area contributed by atoms with Crippen LogP contribution in [0.2, 0.25) is 0 Å². The van der Waals surface area contributed by atoms with Crippen LogP contribution in [0.5, 0.6) is 0 Å². The van der Waals surface area contributed by atoms with Gasteiger partial charge in [-0.25, -0.2) is 4.79 Å². The van der Waals surface area contributed by atoms with Crippen LogP contribution >= 0.6 is 0 Å². The number of hydrogen-bond donors (Lipinski definition) is 1. The summed E-state index contributed by atoms with van der Waals surface area (Å²) in [6.45, 7) is 4.95. The summed E-state index contributed by atoms with van der Waals surface area (Å²) in [7, 11) is 6.00. The normalized spacial score (nSPS) is 12.8. The minimum atomic E-state index is -1.51. The summed E-state index contributed by atoms with van der Waals surface area (Å²) in [5.41, 5.74) is 0. The second-order valence-electron chi connectivity index (χ2n) is 30.5. The first-order valence-electron chi connectivity index (χ1n) is 42.8. The summed E-state index contributed by atoms with van der Waals surface area (Å²) in [5.74, 6) is -1.97. The lowest BCUT2D eigenvalue weighted by Gasteiger charge is -2.25. The fourth-order valence-corrected chi connectivity index (χ4v) is 13.0. The van der Waals surface area contributed by atoms with E-state index in [9.17, 15) is 19.5 Å². The van der Waals surface area contributed by atoms with Gasteiger partial charge in [-0.2, -0.15) is 0 Å². The highest BCUT2D eigenvalue weighted by Crippen LogP contribution is 2.20. The number of hydrogen-bond acceptors (Lipinski definition) is 7. The third-order valence-corrected chi connectivity index (χ3v) is 19.6. The third-order valence-electron chi connectivity index (χ3n) is 19.6. The van der Waals surface area contributed by atoms with E-state index in [0.29, 0.717) is 17.4 Å². The quantitative estimate of drug-likeness (QED) is 0.0211. The van der Waals surface area contributed by atoms with Crippen molar-refractivity contribution >= 4 is 17.9 Å². The van der Waals surface area contributed by atoms with Gasteiger partial charge in [0, 0.05) is 12.8 Å². The lowest BCUT2D eigenvalue weighted by molar-refractivity contribution is -0.870. The zero-order valence-corrected chi connectivity index (χ0v) is 65.5. The predicted molar refractivity (Wildman–Crippen MR) is 420 cm³/mol. The van der Waals surface area contributed by atoms with E-state index in [1.54, 1.807) is 0 Å². The van der Waals surface area contributed by atoms with Crippen LogP contribution in [0, 0.1) is 0 Å². The molecule has 0 aliphatic rings. The Morgan fingerprint density at radius 3 is 0.835 bits per heavy atom. The van der Waals surface area contributed by atoms with Crippen LogP contribution in [0.1, 0.15) is 438 Å². The number of aliphatic carboxylic acids is 1. The van der Waals surface area contributed by atoms with E-state index in [4.69, 9.17) is 18.9 Å². The van der Waals surface area contributed by atoms with E-state index >= 15 is 0 Å². The second kappa shape index (κ2) is 79.0. The molecule has 0 aliphatic carbocycles. The summed E-state index contributed by atoms with van der Waals surface area (Å²) < 4.78 is 23.1. The monoisotopic (exact) mass is 1370 g/mol. The maximum absolute atomic E-state index is 13.0. The molecule has 0 aromatic heterocycles. The molecule has 0 rings (SSSR count). The van der Waals surface area contributed by atoms with Crippen molar-refractivity contribution < 1.29 is 42.9 Å². The van der Waals surface area contributed by atoms with E-state index < -0.39 is 18.4 Å². The van der Waals surface area contributed by atoms with Gasteiger partial charge in [0.1, 0.15) is 13.2 Å². The van der Waals surface area contributed by atoms with Crippen molar-refractivity contribution in [2.75, 3.05) is 47.5 Å². The third kappa shape index (κ3) is 80.4. The molecule has 2 atom stereocenters. The Labute approximate surface area is 603 Å². The van der Waals surface area contributed by atoms with E-state index in [1.165, 1.54) is 360 Å². The molecule has 0 saturated carbocycles. The van der Waals surface area contributed by atoms with Crippen LogP contribution in [0.15, 0.2) is 48.6 Å². The minimum absolute atomic E-state index is 0.175. The molecule has 97 heavy (non-hydrogen) atoms. The largest absolute Gasteiger partial charge is 0.477 e. The Bertz CT molecular complexity index is 1730. The predicted octanol–water partition coefficient (Wildman–Crippen LogP) is 27.6. The van der Waals surface area contributed by atoms with Crippen molar-refractivity contribution in [1.29, 1.82) is 0 Å². The molecular formula is C88H166NO8+. The number of ether oxygens (including phenoxy) is 4. The molecule has 9 heteroatoms. The van der Waals surface area contributed by atoms with E-state index in [0.717, 1.165) is 51.4 Å². The van der Waals surface area contributed by atoms with Crippen LogP contribution in [-0.2, 0) is 33.3 Å². The summed E-state index contributed by atoms with van der Waals surface area (Å²) in [5, 5.41) is 9.78. The number of carbonyl (C=O) groups is 3. The van der Waals surface area contributed by atoms with E-state index in [-0.39, 0.29) is 38.2 Å². The molecule has 1 N–H and O–H groups in total. The number of quaternary nitrogens is 1. The Kier molecular flexibility index (Phi) is 76.7. The molecule has 0 aromatic rings. The first-order chi connectivity index (χ1) is 47.6. The van der Waals surface area contributed by atoms with Gasteiger partial charge in [-0.15, -0.1) is 0 Å². The van der Waals surface area contributed by atoms with Gasteiger partial charge in [0.15, 0.2) is 6.10 Å². The SMILES string of the molecule is CCCCCCC/C=C\C/C=C\C/C=C\CCCCCCCCCCCCCCCCCCCCCCCCC(=O)OC(COC(=O)CCCCCCCCCCCCCCCCCCCCCCCCC/C=C\CCCCCCCCCC)COC(OCC[N+](C)(C)C)C(=O)O. The molecule has 2 unspecified atom stereocenters.